The molecule has 0 aromatic carbocycles. The van der Waals surface area contributed by atoms with Crippen LogP contribution in [0, 0.1) is 35.5 Å². The SMILES string of the molecule is C=C/C=C\C1=C(CC)C(COC(=O)OCC2CC3C=CC(C3)C2)C2CCCCC12. The van der Waals surface area contributed by atoms with Crippen molar-refractivity contribution < 1.29 is 14.3 Å². The van der Waals surface area contributed by atoms with Crippen molar-refractivity contribution in [3.63, 3.8) is 0 Å². The van der Waals surface area contributed by atoms with Crippen molar-refractivity contribution in [3.05, 3.63) is 48.1 Å². The van der Waals surface area contributed by atoms with Crippen LogP contribution >= 0.6 is 0 Å². The lowest BCUT2D eigenvalue weighted by atomic mass is 9.75. The van der Waals surface area contributed by atoms with Crippen molar-refractivity contribution in [3.8, 4) is 0 Å². The van der Waals surface area contributed by atoms with E-state index in [-0.39, 0.29) is 0 Å². The fraction of sp³-hybridized carbons (Fsp3) is 0.654. The van der Waals surface area contributed by atoms with E-state index in [4.69, 9.17) is 9.47 Å². The minimum absolute atomic E-state index is 0.344. The molecule has 0 spiro atoms. The Hall–Kier alpha value is -1.77. The van der Waals surface area contributed by atoms with E-state index in [1.807, 2.05) is 6.08 Å². The monoisotopic (exact) mass is 396 g/mol. The Morgan fingerprint density at radius 2 is 1.83 bits per heavy atom. The number of carbonyl (C=O) groups is 1. The molecule has 0 aromatic heterocycles. The fourth-order valence-electron chi connectivity index (χ4n) is 6.51. The molecule has 5 unspecified atom stereocenters. The Balaban J connectivity index is 1.32. The molecule has 3 nitrogen and oxygen atoms in total. The molecule has 4 aliphatic rings. The van der Waals surface area contributed by atoms with Gasteiger partial charge in [-0.25, -0.2) is 4.79 Å². The number of hydrogen-bond donors (Lipinski definition) is 0. The van der Waals surface area contributed by atoms with Crippen LogP contribution in [0.15, 0.2) is 48.1 Å². The van der Waals surface area contributed by atoms with Crippen molar-refractivity contribution in [2.75, 3.05) is 13.2 Å². The molecule has 2 saturated carbocycles. The van der Waals surface area contributed by atoms with E-state index >= 15 is 0 Å². The predicted octanol–water partition coefficient (Wildman–Crippen LogP) is 6.63. The Labute approximate surface area is 175 Å². The first-order valence-corrected chi connectivity index (χ1v) is 11.7. The quantitative estimate of drug-likeness (QED) is 0.275. The van der Waals surface area contributed by atoms with Crippen LogP contribution in [0.5, 0.6) is 0 Å². The molecule has 4 rings (SSSR count). The molecule has 29 heavy (non-hydrogen) atoms. The lowest BCUT2D eigenvalue weighted by Crippen LogP contribution is -2.27. The number of carbonyl (C=O) groups excluding carboxylic acids is 1. The first-order chi connectivity index (χ1) is 14.2. The summed E-state index contributed by atoms with van der Waals surface area (Å²) in [5, 5.41) is 0. The minimum Gasteiger partial charge on any atom is -0.434 e. The highest BCUT2D eigenvalue weighted by Crippen LogP contribution is 2.50. The Bertz CT molecular complexity index is 687. The highest BCUT2D eigenvalue weighted by Gasteiger charge is 2.42. The molecule has 0 aliphatic heterocycles. The van der Waals surface area contributed by atoms with E-state index in [0.29, 0.717) is 48.7 Å². The van der Waals surface area contributed by atoms with Gasteiger partial charge in [0.1, 0.15) is 6.61 Å². The minimum atomic E-state index is -0.478. The molecule has 3 heteroatoms. The van der Waals surface area contributed by atoms with Gasteiger partial charge in [0.25, 0.3) is 0 Å². The summed E-state index contributed by atoms with van der Waals surface area (Å²) in [7, 11) is 0. The molecule has 158 valence electrons. The van der Waals surface area contributed by atoms with E-state index in [1.165, 1.54) is 43.3 Å². The van der Waals surface area contributed by atoms with Crippen LogP contribution in [0.4, 0.5) is 4.79 Å². The maximum atomic E-state index is 12.3. The third-order valence-corrected chi connectivity index (χ3v) is 7.70. The van der Waals surface area contributed by atoms with Gasteiger partial charge in [-0.05, 0) is 73.7 Å². The first kappa shape index (κ1) is 20.5. The third kappa shape index (κ3) is 4.54. The zero-order chi connectivity index (χ0) is 20.2. The van der Waals surface area contributed by atoms with Crippen molar-refractivity contribution in [2.24, 2.45) is 35.5 Å². The maximum absolute atomic E-state index is 12.3. The number of fused-ring (bicyclic) bond motifs is 3. The van der Waals surface area contributed by atoms with Gasteiger partial charge in [0.05, 0.1) is 6.61 Å². The van der Waals surface area contributed by atoms with E-state index in [1.54, 1.807) is 0 Å². The summed E-state index contributed by atoms with van der Waals surface area (Å²) in [6.45, 7) is 7.03. The van der Waals surface area contributed by atoms with Gasteiger partial charge in [0.2, 0.25) is 0 Å². The predicted molar refractivity (Wildman–Crippen MR) is 116 cm³/mol. The largest absolute Gasteiger partial charge is 0.508 e. The van der Waals surface area contributed by atoms with Gasteiger partial charge in [0, 0.05) is 5.92 Å². The van der Waals surface area contributed by atoms with Crippen LogP contribution in [0.1, 0.15) is 58.3 Å². The summed E-state index contributed by atoms with van der Waals surface area (Å²) in [5.41, 5.74) is 2.95. The van der Waals surface area contributed by atoms with E-state index in [9.17, 15) is 4.79 Å². The standard InChI is InChI=1S/C26H36O3/c1-3-5-8-22-21(4-2)25(24-10-7-6-9-23(22)24)17-29-26(27)28-16-20-14-18-11-12-19(13-18)15-20/h3,5,8,11-12,18-20,23-25H,1,4,6-7,9-10,13-17H2,2H3/b8-5-. The Kier molecular flexibility index (Phi) is 6.62. The van der Waals surface area contributed by atoms with Crippen LogP contribution in [0.2, 0.25) is 0 Å². The van der Waals surface area contributed by atoms with Crippen molar-refractivity contribution >= 4 is 6.16 Å². The molecule has 0 aromatic rings. The lowest BCUT2D eigenvalue weighted by molar-refractivity contribution is 0.0231. The second-order valence-corrected chi connectivity index (χ2v) is 9.44. The van der Waals surface area contributed by atoms with Crippen LogP contribution in [-0.4, -0.2) is 19.4 Å². The summed E-state index contributed by atoms with van der Waals surface area (Å²) < 4.78 is 11.2. The van der Waals surface area contributed by atoms with Gasteiger partial charge in [-0.1, -0.05) is 62.3 Å². The Morgan fingerprint density at radius 3 is 2.55 bits per heavy atom. The van der Waals surface area contributed by atoms with Gasteiger partial charge >= 0.3 is 6.16 Å². The van der Waals surface area contributed by atoms with Crippen LogP contribution < -0.4 is 0 Å². The van der Waals surface area contributed by atoms with Gasteiger partial charge in [-0.2, -0.15) is 0 Å². The normalized spacial score (nSPS) is 35.8. The third-order valence-electron chi connectivity index (χ3n) is 7.70. The number of rotatable bonds is 7. The van der Waals surface area contributed by atoms with Gasteiger partial charge in [-0.3, -0.25) is 0 Å². The molecule has 0 amide bonds. The molecule has 5 atom stereocenters. The number of allylic oxidation sites excluding steroid dienone is 6. The van der Waals surface area contributed by atoms with Gasteiger partial charge in [0.15, 0.2) is 0 Å². The first-order valence-electron chi connectivity index (χ1n) is 11.7. The van der Waals surface area contributed by atoms with Crippen LogP contribution in [0.3, 0.4) is 0 Å². The molecule has 0 N–H and O–H groups in total. The second kappa shape index (κ2) is 9.36. The molecule has 0 saturated heterocycles. The van der Waals surface area contributed by atoms with E-state index < -0.39 is 6.16 Å². The zero-order valence-electron chi connectivity index (χ0n) is 17.9. The molecule has 0 radical (unpaired) electrons. The molecule has 2 bridgehead atoms. The van der Waals surface area contributed by atoms with Crippen LogP contribution in [-0.2, 0) is 9.47 Å². The smallest absolute Gasteiger partial charge is 0.434 e. The summed E-state index contributed by atoms with van der Waals surface area (Å²) in [6, 6.07) is 0. The topological polar surface area (TPSA) is 35.5 Å². The van der Waals surface area contributed by atoms with E-state index in [2.05, 4.69) is 37.8 Å². The highest BCUT2D eigenvalue weighted by atomic mass is 16.7. The molecule has 4 aliphatic carbocycles. The molecular formula is C26H36O3. The second-order valence-electron chi connectivity index (χ2n) is 9.44. The van der Waals surface area contributed by atoms with Crippen molar-refractivity contribution in [1.82, 2.24) is 0 Å². The summed E-state index contributed by atoms with van der Waals surface area (Å²) in [4.78, 5) is 12.3. The van der Waals surface area contributed by atoms with Crippen molar-refractivity contribution in [2.45, 2.75) is 58.3 Å². The lowest BCUT2D eigenvalue weighted by Gasteiger charge is -2.31. The summed E-state index contributed by atoms with van der Waals surface area (Å²) in [5.74, 6) is 3.44. The van der Waals surface area contributed by atoms with Gasteiger partial charge in [-0.15, -0.1) is 0 Å². The average molecular weight is 397 g/mol. The summed E-state index contributed by atoms with van der Waals surface area (Å²) >= 11 is 0. The molecular weight excluding hydrogens is 360 g/mol. The van der Waals surface area contributed by atoms with E-state index in [0.717, 1.165) is 19.3 Å². The van der Waals surface area contributed by atoms with Crippen molar-refractivity contribution in [1.29, 1.82) is 0 Å². The molecule has 2 fully saturated rings. The number of hydrogen-bond acceptors (Lipinski definition) is 3. The highest BCUT2D eigenvalue weighted by molar-refractivity contribution is 5.60. The molecule has 0 heterocycles. The number of ether oxygens (including phenoxy) is 2. The Morgan fingerprint density at radius 1 is 1.10 bits per heavy atom. The van der Waals surface area contributed by atoms with Crippen LogP contribution in [0.25, 0.3) is 0 Å². The van der Waals surface area contributed by atoms with Gasteiger partial charge < -0.3 is 9.47 Å². The maximum Gasteiger partial charge on any atom is 0.508 e. The fourth-order valence-corrected chi connectivity index (χ4v) is 6.51. The summed E-state index contributed by atoms with van der Waals surface area (Å²) in [6.07, 6.45) is 20.1. The zero-order valence-corrected chi connectivity index (χ0v) is 17.9. The average Bonchev–Trinajstić information content (AvgIpc) is 3.24.